The Morgan fingerprint density at radius 1 is 0.927 bits per heavy atom. The maximum atomic E-state index is 13.0. The summed E-state index contributed by atoms with van der Waals surface area (Å²) < 4.78 is 5.14. The topological polar surface area (TPSA) is 98.2 Å². The number of aromatic hydroxyl groups is 1. The molecule has 0 radical (unpaired) electrons. The van der Waals surface area contributed by atoms with Crippen LogP contribution in [-0.2, 0) is 22.6 Å². The van der Waals surface area contributed by atoms with E-state index in [1.165, 1.54) is 6.42 Å². The number of aromatic nitrogens is 1. The molecule has 0 atom stereocenters. The molecule has 210 valence electrons. The number of aromatic amines is 1. The highest BCUT2D eigenvalue weighted by molar-refractivity contribution is 6.22. The second kappa shape index (κ2) is 11.6. The molecule has 6 rings (SSSR count). The number of piperidine rings is 1. The van der Waals surface area contributed by atoms with Crippen LogP contribution in [0.25, 0.3) is 10.9 Å². The van der Waals surface area contributed by atoms with Crippen LogP contribution in [0.1, 0.15) is 58.8 Å². The zero-order valence-corrected chi connectivity index (χ0v) is 23.2. The first-order valence-electron chi connectivity index (χ1n) is 14.3. The number of benzene rings is 3. The first-order valence-corrected chi connectivity index (χ1v) is 14.3. The van der Waals surface area contributed by atoms with Gasteiger partial charge < -0.3 is 19.7 Å². The smallest absolute Gasteiger partial charge is 0.338 e. The molecule has 0 aliphatic carbocycles. The van der Waals surface area contributed by atoms with Gasteiger partial charge in [-0.3, -0.25) is 9.69 Å². The van der Waals surface area contributed by atoms with Gasteiger partial charge in [0.1, 0.15) is 0 Å². The maximum Gasteiger partial charge on any atom is 0.338 e. The van der Waals surface area contributed by atoms with Gasteiger partial charge in [0.25, 0.3) is 0 Å². The van der Waals surface area contributed by atoms with Crippen LogP contribution in [0, 0.1) is 0 Å². The second-order valence-electron chi connectivity index (χ2n) is 10.7. The number of ether oxygens (including phenoxy) is 1. The van der Waals surface area contributed by atoms with Gasteiger partial charge in [-0.2, -0.15) is 0 Å². The van der Waals surface area contributed by atoms with Crippen LogP contribution < -0.4 is 0 Å². The zero-order valence-electron chi connectivity index (χ0n) is 23.2. The molecule has 0 saturated carbocycles. The Morgan fingerprint density at radius 2 is 1.71 bits per heavy atom. The molecule has 3 aromatic carbocycles. The van der Waals surface area contributed by atoms with Crippen molar-refractivity contribution < 1.29 is 19.4 Å². The minimum absolute atomic E-state index is 0.0285. The summed E-state index contributed by atoms with van der Waals surface area (Å²) in [7, 11) is 0. The van der Waals surface area contributed by atoms with Gasteiger partial charge in [0.05, 0.1) is 35.7 Å². The van der Waals surface area contributed by atoms with Gasteiger partial charge in [0.15, 0.2) is 5.88 Å². The lowest BCUT2D eigenvalue weighted by molar-refractivity contribution is -0.133. The minimum Gasteiger partial charge on any atom is -0.494 e. The first-order chi connectivity index (χ1) is 20.0. The summed E-state index contributed by atoms with van der Waals surface area (Å²) in [5, 5.41) is 11.8. The number of amides is 1. The SMILES string of the molecule is CCOC(=O)c1ccc2c(C(=Nc3ccc4c(c3)CN(C(=O)CN3CCCCC3)C4)c3ccccc3)c(O)[nH]c2c1. The number of fused-ring (bicyclic) bond motifs is 2. The van der Waals surface area contributed by atoms with Crippen LogP contribution in [0.4, 0.5) is 5.69 Å². The van der Waals surface area contributed by atoms with Crippen LogP contribution in [0.2, 0.25) is 0 Å². The van der Waals surface area contributed by atoms with Crippen LogP contribution in [0.15, 0.2) is 71.7 Å². The molecule has 8 heteroatoms. The van der Waals surface area contributed by atoms with E-state index in [2.05, 4.69) is 9.88 Å². The van der Waals surface area contributed by atoms with Gasteiger partial charge in [-0.1, -0.05) is 48.9 Å². The number of hydrogen-bond acceptors (Lipinski definition) is 6. The Hall–Kier alpha value is -4.43. The van der Waals surface area contributed by atoms with E-state index >= 15 is 0 Å². The molecule has 0 unspecified atom stereocenters. The van der Waals surface area contributed by atoms with E-state index in [4.69, 9.17) is 9.73 Å². The van der Waals surface area contributed by atoms with E-state index in [-0.39, 0.29) is 18.4 Å². The molecule has 3 heterocycles. The zero-order chi connectivity index (χ0) is 28.3. The molecule has 41 heavy (non-hydrogen) atoms. The molecule has 1 amide bonds. The van der Waals surface area contributed by atoms with Crippen molar-refractivity contribution in [3.05, 3.63) is 94.5 Å². The number of nitrogens with zero attached hydrogens (tertiary/aromatic N) is 3. The standard InChI is InChI=1S/C33H34N4O4/c1-2-41-33(40)23-12-14-27-28(18-23)35-32(39)30(27)31(22-9-5-3-6-10-22)34-26-13-11-24-19-37(20-25(24)17-26)29(38)21-36-15-7-4-8-16-36/h3,5-6,9-14,17-18,35,39H,2,4,7-8,15-16,19-21H2,1H3. The monoisotopic (exact) mass is 550 g/mol. The lowest BCUT2D eigenvalue weighted by Crippen LogP contribution is -2.40. The lowest BCUT2D eigenvalue weighted by atomic mass is 10.00. The Bertz CT molecular complexity index is 1620. The predicted octanol–water partition coefficient (Wildman–Crippen LogP) is 5.55. The van der Waals surface area contributed by atoms with Gasteiger partial charge in [0.2, 0.25) is 5.91 Å². The van der Waals surface area contributed by atoms with Crippen molar-refractivity contribution >= 4 is 34.2 Å². The van der Waals surface area contributed by atoms with Crippen molar-refractivity contribution in [1.29, 1.82) is 0 Å². The fourth-order valence-corrected chi connectivity index (χ4v) is 5.79. The maximum absolute atomic E-state index is 13.0. The third kappa shape index (κ3) is 5.60. The highest BCUT2D eigenvalue weighted by Gasteiger charge is 2.26. The molecule has 2 aliphatic heterocycles. The van der Waals surface area contributed by atoms with Gasteiger partial charge >= 0.3 is 5.97 Å². The quantitative estimate of drug-likeness (QED) is 0.232. The van der Waals surface area contributed by atoms with Crippen LogP contribution >= 0.6 is 0 Å². The first kappa shape index (κ1) is 26.8. The van der Waals surface area contributed by atoms with E-state index in [0.717, 1.165) is 53.7 Å². The number of rotatable bonds is 7. The fourth-order valence-electron chi connectivity index (χ4n) is 5.79. The predicted molar refractivity (Wildman–Crippen MR) is 159 cm³/mol. The molecule has 0 bridgehead atoms. The number of esters is 1. The van der Waals surface area contributed by atoms with Gasteiger partial charge in [-0.25, -0.2) is 9.79 Å². The summed E-state index contributed by atoms with van der Waals surface area (Å²) in [5.74, 6) is -0.271. The molecule has 8 nitrogen and oxygen atoms in total. The summed E-state index contributed by atoms with van der Waals surface area (Å²) in [4.78, 5) is 37.6. The van der Waals surface area contributed by atoms with Crippen LogP contribution in [0.3, 0.4) is 0 Å². The van der Waals surface area contributed by atoms with Crippen molar-refractivity contribution in [1.82, 2.24) is 14.8 Å². The summed E-state index contributed by atoms with van der Waals surface area (Å²) in [5.41, 5.74) is 6.00. The van der Waals surface area contributed by atoms with Crippen LogP contribution in [0.5, 0.6) is 5.88 Å². The number of carbonyl (C=O) groups is 2. The normalized spacial score (nSPS) is 15.7. The van der Waals surface area contributed by atoms with Crippen molar-refractivity contribution in [3.8, 4) is 5.88 Å². The summed E-state index contributed by atoms with van der Waals surface area (Å²) >= 11 is 0. The lowest BCUT2D eigenvalue weighted by Gasteiger charge is -2.27. The average Bonchev–Trinajstić information content (AvgIpc) is 3.56. The second-order valence-corrected chi connectivity index (χ2v) is 10.7. The Morgan fingerprint density at radius 3 is 2.49 bits per heavy atom. The third-order valence-electron chi connectivity index (χ3n) is 7.89. The van der Waals surface area contributed by atoms with E-state index < -0.39 is 5.97 Å². The Kier molecular flexibility index (Phi) is 7.57. The molecule has 1 saturated heterocycles. The number of hydrogen-bond donors (Lipinski definition) is 2. The number of aliphatic imine (C=N–C) groups is 1. The molecule has 2 N–H and O–H groups in total. The third-order valence-corrected chi connectivity index (χ3v) is 7.89. The Balaban J connectivity index is 1.32. The number of nitrogens with one attached hydrogen (secondary N) is 1. The van der Waals surface area contributed by atoms with Crippen molar-refractivity contribution in [3.63, 3.8) is 0 Å². The largest absolute Gasteiger partial charge is 0.494 e. The van der Waals surface area contributed by atoms with Gasteiger partial charge in [-0.15, -0.1) is 0 Å². The molecule has 0 spiro atoms. The van der Waals surface area contributed by atoms with Crippen molar-refractivity contribution in [2.75, 3.05) is 26.2 Å². The van der Waals surface area contributed by atoms with E-state index in [0.29, 0.717) is 42.0 Å². The van der Waals surface area contributed by atoms with Crippen molar-refractivity contribution in [2.24, 2.45) is 4.99 Å². The Labute approximate surface area is 239 Å². The molecular weight excluding hydrogens is 516 g/mol. The van der Waals surface area contributed by atoms with E-state index in [1.54, 1.807) is 25.1 Å². The molecule has 4 aromatic rings. The molecular formula is C33H34N4O4. The summed E-state index contributed by atoms with van der Waals surface area (Å²) in [6.45, 7) is 5.71. The number of carbonyl (C=O) groups excluding carboxylic acids is 2. The van der Waals surface area contributed by atoms with Crippen molar-refractivity contribution in [2.45, 2.75) is 39.3 Å². The fraction of sp³-hybridized carbons (Fsp3) is 0.303. The molecule has 1 aromatic heterocycles. The van der Waals surface area contributed by atoms with E-state index in [9.17, 15) is 14.7 Å². The summed E-state index contributed by atoms with van der Waals surface area (Å²) in [6, 6.07) is 21.0. The number of likely N-dealkylation sites (tertiary alicyclic amines) is 1. The van der Waals surface area contributed by atoms with Crippen LogP contribution in [-0.4, -0.2) is 63.7 Å². The highest BCUT2D eigenvalue weighted by Crippen LogP contribution is 2.33. The summed E-state index contributed by atoms with van der Waals surface area (Å²) in [6.07, 6.45) is 3.58. The number of H-pyrrole nitrogens is 1. The molecule has 2 aliphatic rings. The minimum atomic E-state index is -0.413. The van der Waals surface area contributed by atoms with Gasteiger partial charge in [-0.05, 0) is 68.2 Å². The molecule has 1 fully saturated rings. The van der Waals surface area contributed by atoms with Gasteiger partial charge in [0, 0.05) is 29.6 Å². The highest BCUT2D eigenvalue weighted by atomic mass is 16.5. The average molecular weight is 551 g/mol. The van der Waals surface area contributed by atoms with E-state index in [1.807, 2.05) is 53.4 Å².